The Labute approximate surface area is 150 Å². The minimum atomic E-state index is 0.0653. The van der Waals surface area contributed by atoms with E-state index in [-0.39, 0.29) is 6.04 Å². The molecule has 2 aromatic carbocycles. The lowest BCUT2D eigenvalue weighted by Crippen LogP contribution is -2.20. The predicted octanol–water partition coefficient (Wildman–Crippen LogP) is 4.71. The number of imidazole rings is 1. The minimum Gasteiger partial charge on any atom is -0.377 e. The SMILES string of the molecule is Cc1ccc(-c2ccc(C(CN)Nc3ccc4[nH]cnc4c3)cc2)s1. The van der Waals surface area contributed by atoms with Gasteiger partial charge in [-0.25, -0.2) is 4.98 Å². The average molecular weight is 348 g/mol. The highest BCUT2D eigenvalue weighted by Crippen LogP contribution is 2.29. The van der Waals surface area contributed by atoms with E-state index in [0.717, 1.165) is 16.7 Å². The smallest absolute Gasteiger partial charge is 0.0931 e. The van der Waals surface area contributed by atoms with Crippen molar-refractivity contribution in [2.75, 3.05) is 11.9 Å². The number of thiophene rings is 1. The van der Waals surface area contributed by atoms with Crippen LogP contribution >= 0.6 is 11.3 Å². The first kappa shape index (κ1) is 15.9. The number of nitrogens with two attached hydrogens (primary N) is 1. The van der Waals surface area contributed by atoms with Gasteiger partial charge in [-0.1, -0.05) is 24.3 Å². The van der Waals surface area contributed by atoms with E-state index in [1.807, 2.05) is 29.5 Å². The van der Waals surface area contributed by atoms with Crippen molar-refractivity contribution >= 4 is 28.1 Å². The lowest BCUT2D eigenvalue weighted by atomic mass is 10.0. The largest absolute Gasteiger partial charge is 0.377 e. The number of nitrogens with one attached hydrogen (secondary N) is 2. The van der Waals surface area contributed by atoms with Crippen molar-refractivity contribution < 1.29 is 0 Å². The van der Waals surface area contributed by atoms with Gasteiger partial charge in [0.05, 0.1) is 23.4 Å². The number of hydrogen-bond donors (Lipinski definition) is 3. The van der Waals surface area contributed by atoms with Crippen LogP contribution in [0.5, 0.6) is 0 Å². The van der Waals surface area contributed by atoms with Crippen molar-refractivity contribution in [2.45, 2.75) is 13.0 Å². The first-order valence-corrected chi connectivity index (χ1v) is 9.11. The van der Waals surface area contributed by atoms with Gasteiger partial charge in [-0.3, -0.25) is 0 Å². The third-order valence-corrected chi connectivity index (χ3v) is 5.39. The Hall–Kier alpha value is -2.63. The first-order chi connectivity index (χ1) is 12.2. The highest BCUT2D eigenvalue weighted by atomic mass is 32.1. The van der Waals surface area contributed by atoms with Gasteiger partial charge >= 0.3 is 0 Å². The fraction of sp³-hybridized carbons (Fsp3) is 0.150. The molecule has 4 nitrogen and oxygen atoms in total. The van der Waals surface area contributed by atoms with E-state index in [4.69, 9.17) is 5.73 Å². The van der Waals surface area contributed by atoms with E-state index in [9.17, 15) is 0 Å². The molecule has 0 aliphatic rings. The van der Waals surface area contributed by atoms with Crippen molar-refractivity contribution in [3.05, 3.63) is 71.4 Å². The molecule has 126 valence electrons. The van der Waals surface area contributed by atoms with E-state index in [1.165, 1.54) is 20.9 Å². The van der Waals surface area contributed by atoms with Gasteiger partial charge in [0, 0.05) is 22.0 Å². The maximum Gasteiger partial charge on any atom is 0.0931 e. The molecule has 1 atom stereocenters. The highest BCUT2D eigenvalue weighted by molar-refractivity contribution is 7.15. The van der Waals surface area contributed by atoms with Gasteiger partial charge in [-0.15, -0.1) is 11.3 Å². The monoisotopic (exact) mass is 348 g/mol. The van der Waals surface area contributed by atoms with Gasteiger partial charge in [0.1, 0.15) is 0 Å². The van der Waals surface area contributed by atoms with Gasteiger partial charge in [0.15, 0.2) is 0 Å². The molecule has 0 bridgehead atoms. The number of nitrogens with zero attached hydrogens (tertiary/aromatic N) is 1. The first-order valence-electron chi connectivity index (χ1n) is 8.29. The summed E-state index contributed by atoms with van der Waals surface area (Å²) in [5.41, 5.74) is 11.4. The summed E-state index contributed by atoms with van der Waals surface area (Å²) in [6.07, 6.45) is 1.71. The van der Waals surface area contributed by atoms with Crippen LogP contribution in [0.25, 0.3) is 21.5 Å². The number of aromatic amines is 1. The summed E-state index contributed by atoms with van der Waals surface area (Å²) in [7, 11) is 0. The number of H-pyrrole nitrogens is 1. The van der Waals surface area contributed by atoms with Crippen molar-refractivity contribution in [1.82, 2.24) is 9.97 Å². The molecule has 2 aromatic heterocycles. The minimum absolute atomic E-state index is 0.0653. The molecule has 4 rings (SSSR count). The van der Waals surface area contributed by atoms with E-state index in [0.29, 0.717) is 6.54 Å². The third kappa shape index (κ3) is 3.29. The number of benzene rings is 2. The number of aryl methyl sites for hydroxylation is 1. The van der Waals surface area contributed by atoms with E-state index in [1.54, 1.807) is 6.33 Å². The van der Waals surface area contributed by atoms with Crippen LogP contribution in [0.3, 0.4) is 0 Å². The topological polar surface area (TPSA) is 66.7 Å². The van der Waals surface area contributed by atoms with Crippen molar-refractivity contribution in [3.63, 3.8) is 0 Å². The third-order valence-electron chi connectivity index (χ3n) is 4.34. The quantitative estimate of drug-likeness (QED) is 0.489. The normalized spacial score (nSPS) is 12.4. The highest BCUT2D eigenvalue weighted by Gasteiger charge is 2.11. The summed E-state index contributed by atoms with van der Waals surface area (Å²) in [5, 5.41) is 3.51. The van der Waals surface area contributed by atoms with Crippen LogP contribution < -0.4 is 11.1 Å². The van der Waals surface area contributed by atoms with Crippen molar-refractivity contribution in [1.29, 1.82) is 0 Å². The zero-order chi connectivity index (χ0) is 17.2. The lowest BCUT2D eigenvalue weighted by molar-refractivity contribution is 0.790. The molecule has 0 saturated heterocycles. The molecule has 5 heteroatoms. The summed E-state index contributed by atoms with van der Waals surface area (Å²) in [6, 6.07) is 19.2. The Morgan fingerprint density at radius 3 is 2.68 bits per heavy atom. The molecule has 0 aliphatic heterocycles. The fourth-order valence-corrected chi connectivity index (χ4v) is 3.84. The molecular weight excluding hydrogens is 328 g/mol. The van der Waals surface area contributed by atoms with E-state index >= 15 is 0 Å². The second-order valence-corrected chi connectivity index (χ2v) is 7.39. The maximum atomic E-state index is 6.02. The zero-order valence-corrected chi connectivity index (χ0v) is 14.8. The number of fused-ring (bicyclic) bond motifs is 1. The van der Waals surface area contributed by atoms with Crippen LogP contribution in [0.2, 0.25) is 0 Å². The summed E-state index contributed by atoms with van der Waals surface area (Å²) in [5.74, 6) is 0. The second-order valence-electron chi connectivity index (χ2n) is 6.10. The Bertz CT molecular complexity index is 984. The molecule has 0 fully saturated rings. The number of hydrogen-bond acceptors (Lipinski definition) is 4. The predicted molar refractivity (Wildman–Crippen MR) is 106 cm³/mol. The molecule has 4 aromatic rings. The Morgan fingerprint density at radius 2 is 1.96 bits per heavy atom. The van der Waals surface area contributed by atoms with Crippen molar-refractivity contribution in [3.8, 4) is 10.4 Å². The molecule has 1 unspecified atom stereocenters. The summed E-state index contributed by atoms with van der Waals surface area (Å²) >= 11 is 1.82. The van der Waals surface area contributed by atoms with Gasteiger partial charge in [-0.2, -0.15) is 0 Å². The van der Waals surface area contributed by atoms with Gasteiger partial charge in [0.25, 0.3) is 0 Å². The van der Waals surface area contributed by atoms with Crippen LogP contribution in [-0.2, 0) is 0 Å². The number of aromatic nitrogens is 2. The Balaban J connectivity index is 1.55. The molecule has 25 heavy (non-hydrogen) atoms. The van der Waals surface area contributed by atoms with E-state index < -0.39 is 0 Å². The molecule has 0 saturated carbocycles. The van der Waals surface area contributed by atoms with Crippen LogP contribution in [0.1, 0.15) is 16.5 Å². The van der Waals surface area contributed by atoms with Gasteiger partial charge in [-0.05, 0) is 48.4 Å². The molecule has 0 spiro atoms. The molecule has 2 heterocycles. The molecule has 0 aliphatic carbocycles. The molecule has 0 amide bonds. The van der Waals surface area contributed by atoms with Crippen LogP contribution in [0.15, 0.2) is 60.9 Å². The summed E-state index contributed by atoms with van der Waals surface area (Å²) in [6.45, 7) is 2.66. The number of rotatable bonds is 5. The van der Waals surface area contributed by atoms with Gasteiger partial charge < -0.3 is 16.0 Å². The molecule has 4 N–H and O–H groups in total. The van der Waals surface area contributed by atoms with Gasteiger partial charge in [0.2, 0.25) is 0 Å². The molecular formula is C20H20N4S. The second kappa shape index (κ2) is 6.70. The Morgan fingerprint density at radius 1 is 1.12 bits per heavy atom. The fourth-order valence-electron chi connectivity index (χ4n) is 2.97. The standard InChI is InChI=1S/C20H20N4S/c1-13-2-9-20(25-13)15-5-3-14(4-6-15)19(11-21)24-16-7-8-17-18(10-16)23-12-22-17/h2-10,12,19,24H,11,21H2,1H3,(H,22,23). The van der Waals surface area contributed by atoms with E-state index in [2.05, 4.69) is 58.6 Å². The van der Waals surface area contributed by atoms with Crippen LogP contribution in [0, 0.1) is 6.92 Å². The summed E-state index contributed by atoms with van der Waals surface area (Å²) in [4.78, 5) is 10.0. The number of anilines is 1. The van der Waals surface area contributed by atoms with Crippen LogP contribution in [-0.4, -0.2) is 16.5 Å². The Kier molecular flexibility index (Phi) is 4.26. The average Bonchev–Trinajstić information content (AvgIpc) is 3.28. The zero-order valence-electron chi connectivity index (χ0n) is 14.0. The summed E-state index contributed by atoms with van der Waals surface area (Å²) < 4.78 is 0. The van der Waals surface area contributed by atoms with Crippen LogP contribution in [0.4, 0.5) is 5.69 Å². The lowest BCUT2D eigenvalue weighted by Gasteiger charge is -2.19. The van der Waals surface area contributed by atoms with Crippen molar-refractivity contribution in [2.24, 2.45) is 5.73 Å². The molecule has 0 radical (unpaired) electrons. The maximum absolute atomic E-state index is 6.02.